The minimum Gasteiger partial charge on any atom is -0.454 e. The van der Waals surface area contributed by atoms with Crippen molar-refractivity contribution in [1.82, 2.24) is 0 Å². The molecule has 0 saturated heterocycles. The van der Waals surface area contributed by atoms with Gasteiger partial charge in [0, 0.05) is 32.6 Å². The standard InChI is InChI=1S/C60H45NO/c1-2-14-39(15-3-1)40-28-30-43(31-29-40)61(54-26-13-22-49-44-16-9-11-27-55(44)62-59(49)54)58-47-19-6-4-17-45(47)56(46-18-5-7-20-48(46)58)51-23-12-25-53-57(51)50-21-8-10-24-52(50)60(53)41-33-37-32-38(35-41)36-42(60)34-37/h1-31,37-38,41-42H,32-36H2. The lowest BCUT2D eigenvalue weighted by atomic mass is 9.43. The van der Waals surface area contributed by atoms with E-state index in [2.05, 4.69) is 193 Å². The van der Waals surface area contributed by atoms with E-state index in [1.165, 1.54) is 87.0 Å². The zero-order valence-electron chi connectivity index (χ0n) is 34.6. The normalized spacial score (nSPS) is 21.9. The first-order chi connectivity index (χ1) is 30.7. The molecule has 0 aliphatic heterocycles. The number of furan rings is 1. The van der Waals surface area contributed by atoms with Gasteiger partial charge in [0.25, 0.3) is 0 Å². The number of rotatable bonds is 5. The zero-order valence-corrected chi connectivity index (χ0v) is 34.6. The van der Waals surface area contributed by atoms with Crippen LogP contribution in [0, 0.1) is 23.7 Å². The lowest BCUT2D eigenvalue weighted by Crippen LogP contribution is -2.55. The van der Waals surface area contributed by atoms with Gasteiger partial charge in [-0.3, -0.25) is 0 Å². The quantitative estimate of drug-likeness (QED) is 0.161. The highest BCUT2D eigenvalue weighted by Gasteiger charge is 2.61. The molecule has 1 heterocycles. The minimum atomic E-state index is 0.106. The van der Waals surface area contributed by atoms with Gasteiger partial charge in [0.2, 0.25) is 0 Å². The summed E-state index contributed by atoms with van der Waals surface area (Å²) in [6.07, 6.45) is 6.98. The van der Waals surface area contributed by atoms with Crippen LogP contribution in [0.5, 0.6) is 0 Å². The van der Waals surface area contributed by atoms with E-state index < -0.39 is 0 Å². The van der Waals surface area contributed by atoms with Gasteiger partial charge in [-0.2, -0.15) is 0 Å². The lowest BCUT2D eigenvalue weighted by molar-refractivity contribution is -0.0399. The SMILES string of the molecule is c1ccc(-c2ccc(N(c3c4ccccc4c(-c4cccc5c4-c4ccccc4C54C5CC6CC(C5)CC4C6)c4ccccc34)c3cccc4c3oc3ccccc34)cc2)cc1. The second kappa shape index (κ2) is 13.1. The van der Waals surface area contributed by atoms with Gasteiger partial charge in [0.1, 0.15) is 5.58 Å². The molecule has 0 N–H and O–H groups in total. The molecule has 2 heteroatoms. The maximum atomic E-state index is 6.86. The van der Waals surface area contributed by atoms with Crippen molar-refractivity contribution in [2.24, 2.45) is 23.7 Å². The summed E-state index contributed by atoms with van der Waals surface area (Å²) in [6, 6.07) is 70.1. The van der Waals surface area contributed by atoms with Crippen molar-refractivity contribution in [3.63, 3.8) is 0 Å². The first-order valence-electron chi connectivity index (χ1n) is 22.8. The molecule has 4 saturated carbocycles. The van der Waals surface area contributed by atoms with Crippen LogP contribution in [0.1, 0.15) is 43.2 Å². The van der Waals surface area contributed by atoms with Crippen LogP contribution < -0.4 is 4.90 Å². The minimum absolute atomic E-state index is 0.106. The molecule has 10 aromatic rings. The second-order valence-electron chi connectivity index (χ2n) is 18.8. The summed E-state index contributed by atoms with van der Waals surface area (Å²) in [5.41, 5.74) is 16.4. The van der Waals surface area contributed by atoms with Gasteiger partial charge in [-0.1, -0.05) is 164 Å². The van der Waals surface area contributed by atoms with E-state index in [1.807, 2.05) is 0 Å². The fourth-order valence-electron chi connectivity index (χ4n) is 13.8. The number of benzene rings is 9. The highest BCUT2D eigenvalue weighted by molar-refractivity contribution is 6.24. The predicted molar refractivity (Wildman–Crippen MR) is 258 cm³/mol. The van der Waals surface area contributed by atoms with E-state index in [-0.39, 0.29) is 5.41 Å². The van der Waals surface area contributed by atoms with Gasteiger partial charge in [-0.05, 0) is 135 Å². The summed E-state index contributed by atoms with van der Waals surface area (Å²) < 4.78 is 6.86. The molecule has 0 atom stereocenters. The molecule has 0 unspecified atom stereocenters. The smallest absolute Gasteiger partial charge is 0.159 e. The average Bonchev–Trinajstić information content (AvgIpc) is 3.86. The van der Waals surface area contributed by atoms with Gasteiger partial charge in [-0.25, -0.2) is 0 Å². The first-order valence-corrected chi connectivity index (χ1v) is 22.8. The monoisotopic (exact) mass is 795 g/mol. The summed E-state index contributed by atoms with van der Waals surface area (Å²) in [7, 11) is 0. The second-order valence-corrected chi connectivity index (χ2v) is 18.8. The summed E-state index contributed by atoms with van der Waals surface area (Å²) in [5, 5.41) is 7.21. The summed E-state index contributed by atoms with van der Waals surface area (Å²) >= 11 is 0. The van der Waals surface area contributed by atoms with Crippen molar-refractivity contribution in [2.75, 3.05) is 4.90 Å². The maximum absolute atomic E-state index is 6.86. The Kier molecular flexibility index (Phi) is 7.32. The van der Waals surface area contributed by atoms with Gasteiger partial charge in [0.05, 0.1) is 11.4 Å². The molecule has 0 amide bonds. The van der Waals surface area contributed by atoms with E-state index in [0.717, 1.165) is 62.7 Å². The van der Waals surface area contributed by atoms with Crippen LogP contribution in [-0.2, 0) is 5.41 Å². The molecular formula is C60H45NO. The van der Waals surface area contributed by atoms with E-state index in [1.54, 1.807) is 11.1 Å². The number of para-hydroxylation sites is 2. The third kappa shape index (κ3) is 4.70. The van der Waals surface area contributed by atoms with Crippen LogP contribution in [0.15, 0.2) is 192 Å². The van der Waals surface area contributed by atoms with Crippen molar-refractivity contribution in [3.8, 4) is 33.4 Å². The molecule has 2 nitrogen and oxygen atoms in total. The van der Waals surface area contributed by atoms with Crippen LogP contribution >= 0.6 is 0 Å². The Morgan fingerprint density at radius 2 is 0.952 bits per heavy atom. The van der Waals surface area contributed by atoms with Crippen molar-refractivity contribution < 1.29 is 4.42 Å². The molecule has 5 aliphatic rings. The van der Waals surface area contributed by atoms with E-state index in [9.17, 15) is 0 Å². The summed E-state index contributed by atoms with van der Waals surface area (Å²) in [6.45, 7) is 0. The molecule has 296 valence electrons. The summed E-state index contributed by atoms with van der Waals surface area (Å²) in [5.74, 6) is 3.25. The van der Waals surface area contributed by atoms with Crippen LogP contribution in [0.25, 0.3) is 76.9 Å². The number of nitrogens with zero attached hydrogens (tertiary/aromatic N) is 1. The van der Waals surface area contributed by atoms with Crippen LogP contribution in [0.4, 0.5) is 17.1 Å². The Balaban J connectivity index is 1.05. The van der Waals surface area contributed by atoms with Gasteiger partial charge < -0.3 is 9.32 Å². The fraction of sp³-hybridized carbons (Fsp3) is 0.167. The number of fused-ring (bicyclic) bond motifs is 8. The Morgan fingerprint density at radius 1 is 0.403 bits per heavy atom. The van der Waals surface area contributed by atoms with Crippen molar-refractivity contribution in [2.45, 2.75) is 37.5 Å². The Hall–Kier alpha value is -6.90. The van der Waals surface area contributed by atoms with Gasteiger partial charge >= 0.3 is 0 Å². The predicted octanol–water partition coefficient (Wildman–Crippen LogP) is 16.4. The zero-order chi connectivity index (χ0) is 40.5. The molecule has 1 spiro atoms. The lowest BCUT2D eigenvalue weighted by Gasteiger charge is -2.61. The number of hydrogen-bond acceptors (Lipinski definition) is 2. The van der Waals surface area contributed by atoms with E-state index >= 15 is 0 Å². The fourth-order valence-corrected chi connectivity index (χ4v) is 13.8. The van der Waals surface area contributed by atoms with Crippen LogP contribution in [0.2, 0.25) is 0 Å². The van der Waals surface area contributed by atoms with Crippen molar-refractivity contribution in [3.05, 3.63) is 199 Å². The number of anilines is 3. The Bertz CT molecular complexity index is 3340. The van der Waals surface area contributed by atoms with Crippen LogP contribution in [0.3, 0.4) is 0 Å². The molecule has 0 radical (unpaired) electrons. The topological polar surface area (TPSA) is 16.4 Å². The highest BCUT2D eigenvalue weighted by Crippen LogP contribution is 2.70. The first kappa shape index (κ1) is 34.8. The Labute approximate surface area is 362 Å². The molecule has 62 heavy (non-hydrogen) atoms. The van der Waals surface area contributed by atoms with Crippen molar-refractivity contribution >= 4 is 60.5 Å². The van der Waals surface area contributed by atoms with E-state index in [4.69, 9.17) is 4.42 Å². The highest BCUT2D eigenvalue weighted by atomic mass is 16.3. The maximum Gasteiger partial charge on any atom is 0.159 e. The molecule has 1 aromatic heterocycles. The molecule has 5 aliphatic carbocycles. The third-order valence-electron chi connectivity index (χ3n) is 15.8. The Morgan fingerprint density at radius 3 is 1.68 bits per heavy atom. The number of hydrogen-bond donors (Lipinski definition) is 0. The third-order valence-corrected chi connectivity index (χ3v) is 15.8. The van der Waals surface area contributed by atoms with Gasteiger partial charge in [-0.15, -0.1) is 0 Å². The summed E-state index contributed by atoms with van der Waals surface area (Å²) in [4.78, 5) is 2.47. The largest absolute Gasteiger partial charge is 0.454 e. The molecular weight excluding hydrogens is 751 g/mol. The molecule has 4 fully saturated rings. The molecule has 15 rings (SSSR count). The van der Waals surface area contributed by atoms with Crippen LogP contribution in [-0.4, -0.2) is 0 Å². The van der Waals surface area contributed by atoms with Crippen molar-refractivity contribution in [1.29, 1.82) is 0 Å². The van der Waals surface area contributed by atoms with E-state index in [0.29, 0.717) is 0 Å². The van der Waals surface area contributed by atoms with Gasteiger partial charge in [0.15, 0.2) is 5.58 Å². The average molecular weight is 796 g/mol. The molecule has 4 bridgehead atoms. The molecule has 9 aromatic carbocycles.